The van der Waals surface area contributed by atoms with Crippen molar-refractivity contribution in [3.63, 3.8) is 0 Å². The summed E-state index contributed by atoms with van der Waals surface area (Å²) in [5, 5.41) is 0. The fourth-order valence-electron chi connectivity index (χ4n) is 9.05. The van der Waals surface area contributed by atoms with Crippen LogP contribution in [-0.4, -0.2) is 37.2 Å². The Hall–Kier alpha value is -3.41. The predicted octanol–water partition coefficient (Wildman–Crippen LogP) is 21.9. The fourth-order valence-corrected chi connectivity index (χ4v) is 9.05. The zero-order valence-electron chi connectivity index (χ0n) is 49.6. The van der Waals surface area contributed by atoms with Crippen molar-refractivity contribution in [2.45, 2.75) is 322 Å². The third-order valence-corrected chi connectivity index (χ3v) is 13.9. The summed E-state index contributed by atoms with van der Waals surface area (Å²) in [5.74, 6) is -0.979. The van der Waals surface area contributed by atoms with Gasteiger partial charge in [-0.05, 0) is 89.9 Å². The Morgan fingerprint density at radius 1 is 0.267 bits per heavy atom. The lowest BCUT2D eigenvalue weighted by atomic mass is 10.0. The zero-order chi connectivity index (χ0) is 54.3. The van der Waals surface area contributed by atoms with Gasteiger partial charge in [0.05, 0.1) is 0 Å². The molecule has 0 aliphatic rings. The Kier molecular flexibility index (Phi) is 60.3. The molecule has 0 aromatic rings. The van der Waals surface area contributed by atoms with Crippen LogP contribution in [0.15, 0.2) is 85.1 Å². The molecule has 0 aliphatic carbocycles. The number of esters is 3. The van der Waals surface area contributed by atoms with Gasteiger partial charge < -0.3 is 14.2 Å². The Balaban J connectivity index is 4.46. The molecule has 0 aromatic heterocycles. The molecule has 0 heterocycles. The van der Waals surface area contributed by atoms with Gasteiger partial charge in [-0.25, -0.2) is 0 Å². The largest absolute Gasteiger partial charge is 0.462 e. The van der Waals surface area contributed by atoms with Crippen LogP contribution in [0.4, 0.5) is 0 Å². The molecule has 0 rings (SSSR count). The molecule has 0 bridgehead atoms. The summed E-state index contributed by atoms with van der Waals surface area (Å²) in [7, 11) is 0. The quantitative estimate of drug-likeness (QED) is 0.0261. The number of ether oxygens (including phenoxy) is 3. The van der Waals surface area contributed by atoms with E-state index in [0.717, 1.165) is 70.6 Å². The number of rotatable bonds is 58. The Bertz CT molecular complexity index is 1430. The van der Waals surface area contributed by atoms with Gasteiger partial charge in [-0.15, -0.1) is 0 Å². The first-order valence-electron chi connectivity index (χ1n) is 32.1. The molecule has 6 heteroatoms. The van der Waals surface area contributed by atoms with Crippen LogP contribution in [0.25, 0.3) is 0 Å². The first-order valence-corrected chi connectivity index (χ1v) is 32.1. The average molecular weight is 1050 g/mol. The highest BCUT2D eigenvalue weighted by Gasteiger charge is 2.19. The van der Waals surface area contributed by atoms with E-state index in [2.05, 4.69) is 99.8 Å². The maximum absolute atomic E-state index is 12.9. The van der Waals surface area contributed by atoms with Gasteiger partial charge in [-0.1, -0.05) is 292 Å². The Morgan fingerprint density at radius 3 is 0.827 bits per heavy atom. The molecule has 0 radical (unpaired) electrons. The number of hydrogen-bond acceptors (Lipinski definition) is 6. The van der Waals surface area contributed by atoms with Gasteiger partial charge >= 0.3 is 17.9 Å². The maximum atomic E-state index is 12.9. The van der Waals surface area contributed by atoms with E-state index in [1.807, 2.05) is 6.08 Å². The van der Waals surface area contributed by atoms with E-state index in [1.165, 1.54) is 199 Å². The zero-order valence-corrected chi connectivity index (χ0v) is 49.6. The van der Waals surface area contributed by atoms with Crippen molar-refractivity contribution in [3.8, 4) is 0 Å². The van der Waals surface area contributed by atoms with Crippen LogP contribution in [0.1, 0.15) is 316 Å². The second kappa shape index (κ2) is 63.1. The molecule has 0 N–H and O–H groups in total. The minimum atomic E-state index is -0.818. The maximum Gasteiger partial charge on any atom is 0.306 e. The van der Waals surface area contributed by atoms with E-state index in [0.29, 0.717) is 19.3 Å². The van der Waals surface area contributed by atoms with Crippen molar-refractivity contribution in [2.75, 3.05) is 13.2 Å². The second-order valence-corrected chi connectivity index (χ2v) is 21.3. The highest BCUT2D eigenvalue weighted by Crippen LogP contribution is 2.17. The molecule has 432 valence electrons. The minimum absolute atomic E-state index is 0.105. The average Bonchev–Trinajstić information content (AvgIpc) is 3.41. The van der Waals surface area contributed by atoms with Gasteiger partial charge in [0.25, 0.3) is 0 Å². The monoisotopic (exact) mass is 1040 g/mol. The van der Waals surface area contributed by atoms with Crippen molar-refractivity contribution >= 4 is 17.9 Å². The van der Waals surface area contributed by atoms with Gasteiger partial charge in [0, 0.05) is 19.3 Å². The predicted molar refractivity (Wildman–Crippen MR) is 325 cm³/mol. The number of carbonyl (C=O) groups is 3. The van der Waals surface area contributed by atoms with Gasteiger partial charge in [0.15, 0.2) is 6.10 Å². The molecule has 0 unspecified atom stereocenters. The molecule has 0 amide bonds. The molecule has 0 aromatic carbocycles. The third-order valence-electron chi connectivity index (χ3n) is 13.9. The second-order valence-electron chi connectivity index (χ2n) is 21.3. The molecule has 6 nitrogen and oxygen atoms in total. The molecule has 0 spiro atoms. The SMILES string of the molecule is CCCCC/C=C\C/C=C\C/C=C\C/C=C\C/C=C\CCC(=O)O[C@H](COC(=O)CCCCCCCCCCC/C=C\C/C=C\CCCCC)COC(=O)CCCCCCCCCCCCCCCCCCCCC. The van der Waals surface area contributed by atoms with Crippen LogP contribution in [0.2, 0.25) is 0 Å². The summed E-state index contributed by atoms with van der Waals surface area (Å²) < 4.78 is 16.9. The summed E-state index contributed by atoms with van der Waals surface area (Å²) >= 11 is 0. The lowest BCUT2D eigenvalue weighted by Gasteiger charge is -2.18. The lowest BCUT2D eigenvalue weighted by molar-refractivity contribution is -0.166. The van der Waals surface area contributed by atoms with Crippen molar-refractivity contribution in [2.24, 2.45) is 0 Å². The normalized spacial score (nSPS) is 12.6. The number of unbranched alkanes of at least 4 members (excludes halogenated alkanes) is 33. The lowest BCUT2D eigenvalue weighted by Crippen LogP contribution is -2.30. The molecule has 0 fully saturated rings. The van der Waals surface area contributed by atoms with E-state index in [1.54, 1.807) is 0 Å². The molecule has 0 saturated heterocycles. The number of carbonyl (C=O) groups excluding carboxylic acids is 3. The van der Waals surface area contributed by atoms with E-state index in [-0.39, 0.29) is 37.5 Å². The van der Waals surface area contributed by atoms with E-state index in [9.17, 15) is 14.4 Å². The molecule has 1 atom stereocenters. The summed E-state index contributed by atoms with van der Waals surface area (Å²) in [6.45, 7) is 6.56. The van der Waals surface area contributed by atoms with Crippen molar-refractivity contribution in [3.05, 3.63) is 85.1 Å². The first-order chi connectivity index (χ1) is 37.0. The van der Waals surface area contributed by atoms with Gasteiger partial charge in [-0.2, -0.15) is 0 Å². The molecule has 75 heavy (non-hydrogen) atoms. The number of hydrogen-bond donors (Lipinski definition) is 0. The van der Waals surface area contributed by atoms with E-state index < -0.39 is 6.10 Å². The topological polar surface area (TPSA) is 78.9 Å². The minimum Gasteiger partial charge on any atom is -0.462 e. The van der Waals surface area contributed by atoms with Gasteiger partial charge in [-0.3, -0.25) is 14.4 Å². The Morgan fingerprint density at radius 2 is 0.507 bits per heavy atom. The summed E-state index contributed by atoms with van der Waals surface area (Å²) in [6.07, 6.45) is 83.1. The van der Waals surface area contributed by atoms with Crippen LogP contribution in [0.3, 0.4) is 0 Å². The molecular formula is C69H120O6. The van der Waals surface area contributed by atoms with Crippen LogP contribution in [-0.2, 0) is 28.6 Å². The van der Waals surface area contributed by atoms with Crippen LogP contribution >= 0.6 is 0 Å². The van der Waals surface area contributed by atoms with Gasteiger partial charge in [0.1, 0.15) is 13.2 Å². The standard InChI is InChI=1S/C69H120O6/c1-4-7-10-13-16-19-22-25-28-31-34-37-40-43-46-49-52-55-58-61-67(70)73-64-66(75-69(72)63-60-57-54-51-48-45-42-39-36-33-30-27-24-21-18-15-12-9-6-3)65-74-68(71)62-59-56-53-50-47-44-41-38-35-32-29-26-23-20-17-14-11-8-5-2/h16,18-19,21,25,27-28,30,36,39,45,48,54,57,66H,4-15,17,20,22-24,26,29,31-35,37-38,40-44,46-47,49-53,55-56,58-65H2,1-3H3/b19-16-,21-18-,28-25-,30-27-,39-36-,48-45-,57-54-/t66-/m1/s1. The number of allylic oxidation sites excluding steroid dienone is 14. The summed E-state index contributed by atoms with van der Waals surface area (Å²) in [6, 6.07) is 0. The van der Waals surface area contributed by atoms with E-state index >= 15 is 0 Å². The molecule has 0 saturated carbocycles. The molecule has 0 aliphatic heterocycles. The van der Waals surface area contributed by atoms with Crippen LogP contribution in [0.5, 0.6) is 0 Å². The van der Waals surface area contributed by atoms with Crippen LogP contribution < -0.4 is 0 Å². The third kappa shape index (κ3) is 61.3. The first kappa shape index (κ1) is 71.6. The smallest absolute Gasteiger partial charge is 0.306 e. The fraction of sp³-hybridized carbons (Fsp3) is 0.754. The Labute approximate surface area is 465 Å². The van der Waals surface area contributed by atoms with Crippen molar-refractivity contribution in [1.29, 1.82) is 0 Å². The summed E-state index contributed by atoms with van der Waals surface area (Å²) in [5.41, 5.74) is 0. The van der Waals surface area contributed by atoms with Crippen LogP contribution in [0, 0.1) is 0 Å². The highest BCUT2D eigenvalue weighted by atomic mass is 16.6. The van der Waals surface area contributed by atoms with E-state index in [4.69, 9.17) is 14.2 Å². The van der Waals surface area contributed by atoms with Crippen molar-refractivity contribution < 1.29 is 28.6 Å². The van der Waals surface area contributed by atoms with Gasteiger partial charge in [0.2, 0.25) is 0 Å². The summed E-state index contributed by atoms with van der Waals surface area (Å²) in [4.78, 5) is 38.3. The van der Waals surface area contributed by atoms with Crippen molar-refractivity contribution in [1.82, 2.24) is 0 Å². The highest BCUT2D eigenvalue weighted by molar-refractivity contribution is 5.71. The molecular weight excluding hydrogens is 925 g/mol.